The van der Waals surface area contributed by atoms with Crippen LogP contribution in [0.3, 0.4) is 0 Å². The summed E-state index contributed by atoms with van der Waals surface area (Å²) in [5, 5.41) is 0. The highest BCUT2D eigenvalue weighted by Crippen LogP contribution is 2.08. The van der Waals surface area contributed by atoms with Crippen molar-refractivity contribution in [2.75, 3.05) is 26.4 Å². The van der Waals surface area contributed by atoms with Crippen molar-refractivity contribution in [2.45, 2.75) is 19.8 Å². The molecule has 0 fully saturated rings. The predicted molar refractivity (Wildman–Crippen MR) is 50.8 cm³/mol. The zero-order valence-electron chi connectivity index (χ0n) is 7.30. The van der Waals surface area contributed by atoms with Crippen molar-refractivity contribution in [3.63, 3.8) is 0 Å². The molecule has 2 heteroatoms. The van der Waals surface area contributed by atoms with Gasteiger partial charge in [-0.2, -0.15) is 12.6 Å². The molecule has 1 atom stereocenters. The monoisotopic (exact) mass is 161 g/mol. The number of nitrogens with zero attached hydrogens (tertiary/aromatic N) is 1. The molecular weight excluding hydrogens is 142 g/mol. The summed E-state index contributed by atoms with van der Waals surface area (Å²) in [5.74, 6) is 1.80. The summed E-state index contributed by atoms with van der Waals surface area (Å²) in [6, 6.07) is 0. The van der Waals surface area contributed by atoms with Gasteiger partial charge in [-0.15, -0.1) is 0 Å². The average molecular weight is 161 g/mol. The fourth-order valence-corrected chi connectivity index (χ4v) is 1.46. The van der Waals surface area contributed by atoms with Crippen LogP contribution in [-0.4, -0.2) is 31.3 Å². The van der Waals surface area contributed by atoms with E-state index >= 15 is 0 Å². The third-order valence-electron chi connectivity index (χ3n) is 1.58. The molecule has 0 saturated carbocycles. The van der Waals surface area contributed by atoms with E-state index in [1.54, 1.807) is 0 Å². The van der Waals surface area contributed by atoms with Crippen molar-refractivity contribution in [3.8, 4) is 0 Å². The minimum absolute atomic E-state index is 0.781. The first-order chi connectivity index (χ1) is 4.70. The first-order valence-corrected chi connectivity index (χ1v) is 4.59. The Balaban J connectivity index is 3.39. The number of hydrogen-bond acceptors (Lipinski definition) is 2. The molecule has 0 N–H and O–H groups in total. The van der Waals surface area contributed by atoms with Crippen molar-refractivity contribution in [3.05, 3.63) is 0 Å². The fourth-order valence-electron chi connectivity index (χ4n) is 1.16. The van der Waals surface area contributed by atoms with Gasteiger partial charge in [0.05, 0.1) is 0 Å². The van der Waals surface area contributed by atoms with Crippen molar-refractivity contribution < 1.29 is 0 Å². The molecule has 0 rings (SSSR count). The summed E-state index contributed by atoms with van der Waals surface area (Å²) in [6.45, 7) is 3.41. The van der Waals surface area contributed by atoms with Gasteiger partial charge in [-0.25, -0.2) is 0 Å². The Bertz CT molecular complexity index is 73.7. The lowest BCUT2D eigenvalue weighted by Gasteiger charge is -2.17. The SMILES string of the molecule is CCCC(CS)CN(C)C. The normalized spacial score (nSPS) is 14.1. The van der Waals surface area contributed by atoms with Crippen LogP contribution in [0.5, 0.6) is 0 Å². The molecule has 0 spiro atoms. The average Bonchev–Trinajstić information content (AvgIpc) is 1.86. The second kappa shape index (κ2) is 6.05. The first-order valence-electron chi connectivity index (χ1n) is 3.96. The molecule has 10 heavy (non-hydrogen) atoms. The molecule has 0 saturated heterocycles. The number of rotatable bonds is 5. The van der Waals surface area contributed by atoms with Crippen molar-refractivity contribution in [1.29, 1.82) is 0 Å². The van der Waals surface area contributed by atoms with Gasteiger partial charge >= 0.3 is 0 Å². The molecule has 0 aromatic heterocycles. The minimum Gasteiger partial charge on any atom is -0.309 e. The van der Waals surface area contributed by atoms with Gasteiger partial charge < -0.3 is 4.90 Å². The quantitative estimate of drug-likeness (QED) is 0.603. The largest absolute Gasteiger partial charge is 0.309 e. The van der Waals surface area contributed by atoms with Crippen LogP contribution in [0.4, 0.5) is 0 Å². The topological polar surface area (TPSA) is 3.24 Å². The molecule has 62 valence electrons. The van der Waals surface area contributed by atoms with E-state index in [0.717, 1.165) is 11.7 Å². The smallest absolute Gasteiger partial charge is 0.00114 e. The lowest BCUT2D eigenvalue weighted by molar-refractivity contribution is 0.330. The van der Waals surface area contributed by atoms with Gasteiger partial charge in [0.2, 0.25) is 0 Å². The molecule has 0 bridgehead atoms. The van der Waals surface area contributed by atoms with E-state index in [9.17, 15) is 0 Å². The van der Waals surface area contributed by atoms with Crippen LogP contribution in [-0.2, 0) is 0 Å². The summed E-state index contributed by atoms with van der Waals surface area (Å²) in [4.78, 5) is 2.23. The standard InChI is InChI=1S/C8H19NS/c1-4-5-8(7-10)6-9(2)3/h8,10H,4-7H2,1-3H3. The molecule has 0 aliphatic heterocycles. The van der Waals surface area contributed by atoms with Crippen LogP contribution in [0.25, 0.3) is 0 Å². The van der Waals surface area contributed by atoms with Crippen molar-refractivity contribution in [2.24, 2.45) is 5.92 Å². The molecular formula is C8H19NS. The third-order valence-corrected chi connectivity index (χ3v) is 2.09. The Morgan fingerprint density at radius 1 is 1.40 bits per heavy atom. The molecule has 0 aromatic carbocycles. The zero-order valence-corrected chi connectivity index (χ0v) is 8.19. The molecule has 0 heterocycles. The third kappa shape index (κ3) is 5.12. The van der Waals surface area contributed by atoms with Gasteiger partial charge in [0, 0.05) is 6.54 Å². The van der Waals surface area contributed by atoms with Gasteiger partial charge in [0.15, 0.2) is 0 Å². The second-order valence-corrected chi connectivity index (χ2v) is 3.46. The summed E-state index contributed by atoms with van der Waals surface area (Å²) >= 11 is 4.30. The molecule has 1 unspecified atom stereocenters. The maximum Gasteiger partial charge on any atom is 0.00114 e. The summed E-state index contributed by atoms with van der Waals surface area (Å²) < 4.78 is 0. The van der Waals surface area contributed by atoms with E-state index in [1.165, 1.54) is 19.4 Å². The Hall–Kier alpha value is 0.310. The fraction of sp³-hybridized carbons (Fsp3) is 1.00. The maximum atomic E-state index is 4.30. The van der Waals surface area contributed by atoms with E-state index in [4.69, 9.17) is 0 Å². The van der Waals surface area contributed by atoms with Crippen molar-refractivity contribution >= 4 is 12.6 Å². The highest BCUT2D eigenvalue weighted by atomic mass is 32.1. The first kappa shape index (κ1) is 10.3. The van der Waals surface area contributed by atoms with E-state index in [2.05, 4.69) is 38.5 Å². The maximum absolute atomic E-state index is 4.30. The lowest BCUT2D eigenvalue weighted by atomic mass is 10.1. The molecule has 0 radical (unpaired) electrons. The van der Waals surface area contributed by atoms with E-state index in [0.29, 0.717) is 0 Å². The van der Waals surface area contributed by atoms with Gasteiger partial charge in [-0.1, -0.05) is 13.3 Å². The molecule has 1 nitrogen and oxygen atoms in total. The summed E-state index contributed by atoms with van der Waals surface area (Å²) in [5.41, 5.74) is 0. The predicted octanol–water partition coefficient (Wildman–Crippen LogP) is 1.89. The Morgan fingerprint density at radius 2 is 2.00 bits per heavy atom. The summed E-state index contributed by atoms with van der Waals surface area (Å²) in [7, 11) is 4.23. The molecule has 0 aromatic rings. The second-order valence-electron chi connectivity index (χ2n) is 3.10. The minimum atomic E-state index is 0.781. The Morgan fingerprint density at radius 3 is 2.30 bits per heavy atom. The molecule has 0 amide bonds. The highest BCUT2D eigenvalue weighted by molar-refractivity contribution is 7.80. The molecule has 0 aliphatic carbocycles. The van der Waals surface area contributed by atoms with Crippen LogP contribution >= 0.6 is 12.6 Å². The van der Waals surface area contributed by atoms with Gasteiger partial charge in [0.1, 0.15) is 0 Å². The van der Waals surface area contributed by atoms with Crippen LogP contribution in [0.15, 0.2) is 0 Å². The van der Waals surface area contributed by atoms with Crippen LogP contribution in [0.1, 0.15) is 19.8 Å². The van der Waals surface area contributed by atoms with Crippen LogP contribution < -0.4 is 0 Å². The van der Waals surface area contributed by atoms with E-state index < -0.39 is 0 Å². The number of hydrogen-bond donors (Lipinski definition) is 1. The van der Waals surface area contributed by atoms with Crippen LogP contribution in [0, 0.1) is 5.92 Å². The van der Waals surface area contributed by atoms with Gasteiger partial charge in [-0.3, -0.25) is 0 Å². The Kier molecular flexibility index (Phi) is 6.24. The lowest BCUT2D eigenvalue weighted by Crippen LogP contribution is -2.22. The van der Waals surface area contributed by atoms with E-state index in [-0.39, 0.29) is 0 Å². The number of thiol groups is 1. The Labute approximate surface area is 70.2 Å². The summed E-state index contributed by atoms with van der Waals surface area (Å²) in [6.07, 6.45) is 2.58. The highest BCUT2D eigenvalue weighted by Gasteiger charge is 2.05. The van der Waals surface area contributed by atoms with Crippen molar-refractivity contribution in [1.82, 2.24) is 4.90 Å². The zero-order chi connectivity index (χ0) is 7.98. The van der Waals surface area contributed by atoms with Gasteiger partial charge in [0.25, 0.3) is 0 Å². The van der Waals surface area contributed by atoms with E-state index in [1.807, 2.05) is 0 Å². The van der Waals surface area contributed by atoms with Crippen LogP contribution in [0.2, 0.25) is 0 Å². The molecule has 0 aliphatic rings. The van der Waals surface area contributed by atoms with Gasteiger partial charge in [-0.05, 0) is 32.2 Å².